The Hall–Kier alpha value is -1.57. The van der Waals surface area contributed by atoms with Crippen LogP contribution < -0.4 is 11.4 Å². The van der Waals surface area contributed by atoms with Gasteiger partial charge in [-0.05, 0) is 18.9 Å². The lowest BCUT2D eigenvalue weighted by molar-refractivity contribution is 0.167. The van der Waals surface area contributed by atoms with E-state index in [2.05, 4.69) is 10.2 Å². The summed E-state index contributed by atoms with van der Waals surface area (Å²) in [7, 11) is 0. The Balaban J connectivity index is 1.89. The summed E-state index contributed by atoms with van der Waals surface area (Å²) in [6.07, 6.45) is -0.0451. The zero-order chi connectivity index (χ0) is 15.2. The lowest BCUT2D eigenvalue weighted by Crippen LogP contribution is -2.38. The van der Waals surface area contributed by atoms with Crippen LogP contribution in [0.25, 0.3) is 0 Å². The Kier molecular flexibility index (Phi) is 5.60. The quantitative estimate of drug-likeness (QED) is 0.651. The molecule has 21 heavy (non-hydrogen) atoms. The number of nitrogens with one attached hydrogen (secondary N) is 1. The molecule has 2 aromatic rings. The van der Waals surface area contributed by atoms with Crippen molar-refractivity contribution in [2.24, 2.45) is 5.73 Å². The lowest BCUT2D eigenvalue weighted by atomic mass is 10.0. The van der Waals surface area contributed by atoms with Crippen LogP contribution in [-0.2, 0) is 13.0 Å². The molecule has 1 heterocycles. The molecule has 0 bridgehead atoms. The average molecular weight is 308 g/mol. The number of benzene rings is 1. The van der Waals surface area contributed by atoms with Crippen LogP contribution in [0.4, 0.5) is 0 Å². The highest BCUT2D eigenvalue weighted by atomic mass is 32.2. The van der Waals surface area contributed by atoms with E-state index in [-0.39, 0.29) is 11.7 Å². The summed E-state index contributed by atoms with van der Waals surface area (Å²) >= 11 is 1.33. The summed E-state index contributed by atoms with van der Waals surface area (Å²) in [4.78, 5) is 11.4. The third kappa shape index (κ3) is 4.20. The van der Waals surface area contributed by atoms with Gasteiger partial charge in [-0.25, -0.2) is 9.89 Å². The van der Waals surface area contributed by atoms with Gasteiger partial charge >= 0.3 is 5.69 Å². The van der Waals surface area contributed by atoms with Crippen LogP contribution in [0.3, 0.4) is 0 Å². The number of aliphatic hydroxyl groups excluding tert-OH is 1. The number of nitrogens with zero attached hydrogens (tertiary/aromatic N) is 2. The predicted octanol–water partition coefficient (Wildman–Crippen LogP) is 0.614. The van der Waals surface area contributed by atoms with Gasteiger partial charge in [0.2, 0.25) is 0 Å². The first kappa shape index (κ1) is 15.8. The summed E-state index contributed by atoms with van der Waals surface area (Å²) in [6, 6.07) is 9.48. The summed E-state index contributed by atoms with van der Waals surface area (Å²) in [6.45, 7) is 2.42. The smallest absolute Gasteiger partial charge is 0.343 e. The summed E-state index contributed by atoms with van der Waals surface area (Å²) in [5, 5.41) is 17.1. The number of H-pyrrole nitrogens is 1. The number of nitrogens with two attached hydrogens (primary N) is 1. The van der Waals surface area contributed by atoms with Crippen molar-refractivity contribution in [1.29, 1.82) is 0 Å². The maximum Gasteiger partial charge on any atom is 0.343 e. The van der Waals surface area contributed by atoms with Gasteiger partial charge in [-0.2, -0.15) is 0 Å². The van der Waals surface area contributed by atoms with Crippen LogP contribution in [0.15, 0.2) is 40.3 Å². The van der Waals surface area contributed by atoms with Gasteiger partial charge < -0.3 is 10.8 Å². The maximum atomic E-state index is 11.4. The summed E-state index contributed by atoms with van der Waals surface area (Å²) < 4.78 is 1.53. The van der Waals surface area contributed by atoms with Gasteiger partial charge in [-0.1, -0.05) is 42.1 Å². The molecule has 2 unspecified atom stereocenters. The van der Waals surface area contributed by atoms with Gasteiger partial charge in [-0.3, -0.25) is 4.57 Å². The molecule has 0 saturated carbocycles. The maximum absolute atomic E-state index is 11.4. The van der Waals surface area contributed by atoms with E-state index in [9.17, 15) is 9.90 Å². The molecule has 6 nitrogen and oxygen atoms in total. The molecule has 2 atom stereocenters. The first-order chi connectivity index (χ1) is 10.1. The highest BCUT2D eigenvalue weighted by molar-refractivity contribution is 7.99. The first-order valence-electron chi connectivity index (χ1n) is 6.87. The van der Waals surface area contributed by atoms with E-state index < -0.39 is 6.10 Å². The van der Waals surface area contributed by atoms with Crippen molar-refractivity contribution >= 4 is 11.8 Å². The molecule has 0 aliphatic rings. The largest absolute Gasteiger partial charge is 0.391 e. The number of aromatic nitrogens is 3. The van der Waals surface area contributed by atoms with Gasteiger partial charge in [0.15, 0.2) is 5.16 Å². The second kappa shape index (κ2) is 7.44. The Bertz CT molecular complexity index is 611. The normalized spacial score (nSPS) is 14.0. The van der Waals surface area contributed by atoms with Crippen LogP contribution in [0, 0.1) is 0 Å². The molecule has 0 fully saturated rings. The van der Waals surface area contributed by atoms with E-state index in [0.29, 0.717) is 23.9 Å². The second-order valence-corrected chi connectivity index (χ2v) is 5.77. The van der Waals surface area contributed by atoms with E-state index in [1.54, 1.807) is 0 Å². The van der Waals surface area contributed by atoms with E-state index in [1.165, 1.54) is 16.3 Å². The van der Waals surface area contributed by atoms with E-state index in [4.69, 9.17) is 5.73 Å². The Labute approximate surface area is 127 Å². The fourth-order valence-electron chi connectivity index (χ4n) is 2.00. The fourth-order valence-corrected chi connectivity index (χ4v) is 3.04. The number of aliphatic hydroxyl groups is 1. The van der Waals surface area contributed by atoms with Crippen molar-refractivity contribution in [1.82, 2.24) is 14.8 Å². The van der Waals surface area contributed by atoms with Crippen LogP contribution in [-0.4, -0.2) is 37.8 Å². The average Bonchev–Trinajstić information content (AvgIpc) is 2.85. The molecule has 0 spiro atoms. The highest BCUT2D eigenvalue weighted by Crippen LogP contribution is 2.16. The minimum atomic E-state index is -0.660. The van der Waals surface area contributed by atoms with Gasteiger partial charge in [0, 0.05) is 18.3 Å². The van der Waals surface area contributed by atoms with Gasteiger partial charge in [0.25, 0.3) is 0 Å². The van der Waals surface area contributed by atoms with Crippen molar-refractivity contribution in [3.8, 4) is 0 Å². The molecule has 0 amide bonds. The molecule has 0 aliphatic carbocycles. The van der Waals surface area contributed by atoms with E-state index in [0.717, 1.165) is 5.56 Å². The molecule has 0 saturated heterocycles. The van der Waals surface area contributed by atoms with Crippen LogP contribution in [0.1, 0.15) is 12.5 Å². The number of rotatable bonds is 7. The van der Waals surface area contributed by atoms with Gasteiger partial charge in [0.1, 0.15) is 0 Å². The van der Waals surface area contributed by atoms with Gasteiger partial charge in [-0.15, -0.1) is 5.10 Å². The number of hydrogen-bond donors (Lipinski definition) is 3. The molecule has 4 N–H and O–H groups in total. The second-order valence-electron chi connectivity index (χ2n) is 4.79. The minimum absolute atomic E-state index is 0.233. The molecule has 7 heteroatoms. The van der Waals surface area contributed by atoms with Crippen LogP contribution in [0.5, 0.6) is 0 Å². The molecular formula is C14H20N4O2S. The van der Waals surface area contributed by atoms with E-state index in [1.807, 2.05) is 37.3 Å². The standard InChI is InChI=1S/C14H20N4O2S/c1-2-18-13(20)16-17-14(18)21-9-12(19)11(15)8-10-6-4-3-5-7-10/h3-7,11-12,19H,2,8-9,15H2,1H3,(H,16,20). The molecule has 0 radical (unpaired) electrons. The van der Waals surface area contributed by atoms with Crippen molar-refractivity contribution in [2.45, 2.75) is 37.2 Å². The van der Waals surface area contributed by atoms with Crippen molar-refractivity contribution in [3.63, 3.8) is 0 Å². The highest BCUT2D eigenvalue weighted by Gasteiger charge is 2.17. The minimum Gasteiger partial charge on any atom is -0.391 e. The third-order valence-electron chi connectivity index (χ3n) is 3.23. The lowest BCUT2D eigenvalue weighted by Gasteiger charge is -2.18. The van der Waals surface area contributed by atoms with E-state index >= 15 is 0 Å². The predicted molar refractivity (Wildman–Crippen MR) is 83.4 cm³/mol. The molecule has 114 valence electrons. The molecule has 2 rings (SSSR count). The number of aromatic amines is 1. The topological polar surface area (TPSA) is 96.9 Å². The molecule has 1 aromatic heterocycles. The van der Waals surface area contributed by atoms with Gasteiger partial charge in [0.05, 0.1) is 6.10 Å². The molecule has 1 aromatic carbocycles. The van der Waals surface area contributed by atoms with Crippen LogP contribution in [0.2, 0.25) is 0 Å². The Morgan fingerprint density at radius 3 is 2.81 bits per heavy atom. The zero-order valence-corrected chi connectivity index (χ0v) is 12.7. The van der Waals surface area contributed by atoms with Crippen molar-refractivity contribution in [3.05, 3.63) is 46.4 Å². The summed E-state index contributed by atoms with van der Waals surface area (Å²) in [5.41, 5.74) is 6.89. The molecule has 0 aliphatic heterocycles. The summed E-state index contributed by atoms with van der Waals surface area (Å²) in [5.74, 6) is 0.401. The Morgan fingerprint density at radius 2 is 2.14 bits per heavy atom. The molecular weight excluding hydrogens is 288 g/mol. The SMILES string of the molecule is CCn1c(SCC(O)C(N)Cc2ccccc2)n[nH]c1=O. The number of hydrogen-bond acceptors (Lipinski definition) is 5. The third-order valence-corrected chi connectivity index (χ3v) is 4.31. The van der Waals surface area contributed by atoms with Crippen molar-refractivity contribution in [2.75, 3.05) is 5.75 Å². The number of thioether (sulfide) groups is 1. The monoisotopic (exact) mass is 308 g/mol. The first-order valence-corrected chi connectivity index (χ1v) is 7.86. The van der Waals surface area contributed by atoms with Crippen molar-refractivity contribution < 1.29 is 5.11 Å². The zero-order valence-electron chi connectivity index (χ0n) is 11.9. The van der Waals surface area contributed by atoms with Crippen LogP contribution >= 0.6 is 11.8 Å². The Morgan fingerprint density at radius 1 is 1.43 bits per heavy atom. The fraction of sp³-hybridized carbons (Fsp3) is 0.429.